The Labute approximate surface area is 438 Å². The number of benzene rings is 6. The highest BCUT2D eigenvalue weighted by atomic mass is 19.4. The largest absolute Gasteiger partial charge is 0.416 e. The highest BCUT2D eigenvalue weighted by Crippen LogP contribution is 2.41. The summed E-state index contributed by atoms with van der Waals surface area (Å²) in [6, 6.07) is 11.4. The molecule has 0 unspecified atom stereocenters. The number of Topliss-reactive ketones (excluding diaryl/α,β-unsaturated/α-hetero) is 2. The van der Waals surface area contributed by atoms with Gasteiger partial charge in [-0.05, 0) is 35.7 Å². The number of carbonyl (C=O) groups excluding carboxylic acids is 2. The van der Waals surface area contributed by atoms with Crippen molar-refractivity contribution in [3.8, 4) is 6.07 Å². The standard InChI is InChI=1S/C32H12BF24.C20H15N2O2/c34-25(35,36)13-1-14(26(37,38)39)6-21(5-13)33(22-7-15(27(40,41)42)2-16(8-22)28(43,44)45,23-9-17(29(46,47)48)3-18(10-23)30(49,50)51)24-11-19(31(52,53)54)4-20(12-24)32(55,56)57;21-12-10-18(23)20-17-9-5-4-6-15(17)11-13-22(20)14-19(24)16-7-2-1-3-8-16/h1-12H;1-9,11,13H,10,14H2/q-1;+1. The fraction of sp³-hybridized carbons (Fsp3) is 0.192. The summed E-state index contributed by atoms with van der Waals surface area (Å²) in [7, 11) is 0. The Balaban J connectivity index is 0.000000363. The molecule has 0 aliphatic carbocycles. The monoisotopic (exact) mass is 1180 g/mol. The molecule has 0 aliphatic heterocycles. The molecule has 7 rings (SSSR count). The summed E-state index contributed by atoms with van der Waals surface area (Å²) in [5.74, 6) is -0.364. The van der Waals surface area contributed by atoms with Crippen molar-refractivity contribution in [2.75, 3.05) is 0 Å². The van der Waals surface area contributed by atoms with Gasteiger partial charge in [0.25, 0.3) is 5.69 Å². The van der Waals surface area contributed by atoms with Crippen LogP contribution in [0.5, 0.6) is 0 Å². The first-order valence-electron chi connectivity index (χ1n) is 22.2. The van der Waals surface area contributed by atoms with Crippen molar-refractivity contribution >= 4 is 50.3 Å². The van der Waals surface area contributed by atoms with Crippen LogP contribution in [0.25, 0.3) is 10.8 Å². The number of carbonyl (C=O) groups is 2. The van der Waals surface area contributed by atoms with Crippen LogP contribution in [0.15, 0.2) is 140 Å². The lowest BCUT2D eigenvalue weighted by Crippen LogP contribution is -2.75. The van der Waals surface area contributed by atoms with E-state index in [0.717, 1.165) is 10.8 Å². The van der Waals surface area contributed by atoms with Crippen molar-refractivity contribution in [2.24, 2.45) is 0 Å². The van der Waals surface area contributed by atoms with E-state index in [1.54, 1.807) is 35.0 Å². The summed E-state index contributed by atoms with van der Waals surface area (Å²) < 4.78 is 342. The number of pyridine rings is 1. The second kappa shape index (κ2) is 21.8. The lowest BCUT2D eigenvalue weighted by molar-refractivity contribution is -0.683. The molecule has 1 heterocycles. The fourth-order valence-electron chi connectivity index (χ4n) is 8.80. The van der Waals surface area contributed by atoms with Crippen LogP contribution in [0.4, 0.5) is 105 Å². The smallest absolute Gasteiger partial charge is 0.287 e. The SMILES string of the molecule is FC(F)(F)c1cc([B-](c2cc(C(F)(F)F)cc(C(F)(F)F)c2)(c2cc(C(F)(F)F)cc(C(F)(F)F)c2)c2cc(C(F)(F)F)cc(C(F)(F)F)c2)cc(C(F)(F)F)c1.N#CCC(=O)c1c2ccccc2cc[n+]1CC(=O)c1ccccc1. The van der Waals surface area contributed by atoms with E-state index in [0.29, 0.717) is 11.3 Å². The van der Waals surface area contributed by atoms with Crippen LogP contribution in [0, 0.1) is 11.3 Å². The molecule has 7 aromatic rings. The predicted octanol–water partition coefficient (Wildman–Crippen LogP) is 14.3. The van der Waals surface area contributed by atoms with Gasteiger partial charge < -0.3 is 0 Å². The van der Waals surface area contributed by atoms with Crippen LogP contribution in [0.3, 0.4) is 0 Å². The molecule has 0 N–H and O–H groups in total. The molecule has 0 bridgehead atoms. The summed E-state index contributed by atoms with van der Waals surface area (Å²) in [4.78, 5) is 24.9. The third-order valence-electron chi connectivity index (χ3n) is 12.3. The van der Waals surface area contributed by atoms with E-state index in [2.05, 4.69) is 0 Å². The zero-order valence-electron chi connectivity index (χ0n) is 39.6. The highest BCUT2D eigenvalue weighted by Gasteiger charge is 2.47. The summed E-state index contributed by atoms with van der Waals surface area (Å²) in [6.45, 7) is 0.0569. The van der Waals surface area contributed by atoms with Gasteiger partial charge in [-0.2, -0.15) is 137 Å². The number of aromatic nitrogens is 1. The zero-order valence-corrected chi connectivity index (χ0v) is 39.6. The quantitative estimate of drug-likeness (QED) is 0.0626. The molecular weight excluding hydrogens is 1150 g/mol. The number of ketones is 2. The molecule has 6 aromatic carbocycles. The first-order valence-corrected chi connectivity index (χ1v) is 22.2. The molecule has 29 heteroatoms. The number of rotatable bonds is 9. The van der Waals surface area contributed by atoms with Crippen molar-refractivity contribution in [2.45, 2.75) is 62.4 Å². The van der Waals surface area contributed by atoms with Crippen molar-refractivity contribution in [1.82, 2.24) is 0 Å². The number of nitriles is 1. The van der Waals surface area contributed by atoms with Crippen molar-refractivity contribution in [3.63, 3.8) is 0 Å². The summed E-state index contributed by atoms with van der Waals surface area (Å²) >= 11 is 0. The lowest BCUT2D eigenvalue weighted by atomic mass is 9.12. The van der Waals surface area contributed by atoms with E-state index in [1.165, 1.54) is 0 Å². The molecule has 0 saturated heterocycles. The first-order chi connectivity index (χ1) is 37.0. The Hall–Kier alpha value is -8.06. The molecule has 1 aromatic heterocycles. The number of fused-ring (bicyclic) bond motifs is 1. The Kier molecular flexibility index (Phi) is 16.7. The number of alkyl halides is 24. The molecule has 428 valence electrons. The van der Waals surface area contributed by atoms with E-state index < -0.39 is 195 Å². The van der Waals surface area contributed by atoms with Crippen LogP contribution in [-0.2, 0) is 56.0 Å². The number of hydrogen-bond acceptors (Lipinski definition) is 3. The minimum atomic E-state index is -6.13. The van der Waals surface area contributed by atoms with Gasteiger partial charge in [0.2, 0.25) is 18.1 Å². The summed E-state index contributed by atoms with van der Waals surface area (Å²) in [5.41, 5.74) is -29.2. The topological polar surface area (TPSA) is 61.8 Å². The highest BCUT2D eigenvalue weighted by molar-refractivity contribution is 7.20. The predicted molar refractivity (Wildman–Crippen MR) is 240 cm³/mol. The fourth-order valence-corrected chi connectivity index (χ4v) is 8.80. The molecule has 0 amide bonds. The maximum Gasteiger partial charge on any atom is 0.416 e. The second-order valence-electron chi connectivity index (χ2n) is 17.6. The molecule has 0 atom stereocenters. The third-order valence-corrected chi connectivity index (χ3v) is 12.3. The average Bonchev–Trinajstić information content (AvgIpc) is 3.56. The normalized spacial score (nSPS) is 13.1. The van der Waals surface area contributed by atoms with Gasteiger partial charge in [0.05, 0.1) is 56.0 Å². The van der Waals surface area contributed by atoms with Crippen molar-refractivity contribution in [1.29, 1.82) is 5.26 Å². The Bertz CT molecular complexity index is 3110. The third kappa shape index (κ3) is 13.9. The number of halogens is 24. The maximum absolute atomic E-state index is 14.2. The minimum absolute atomic E-state index is 0.0569. The van der Waals surface area contributed by atoms with Crippen molar-refractivity contribution < 1.29 is 120 Å². The van der Waals surface area contributed by atoms with Gasteiger partial charge in [0, 0.05) is 11.6 Å². The molecule has 0 saturated carbocycles. The molecule has 81 heavy (non-hydrogen) atoms. The van der Waals surface area contributed by atoms with Gasteiger partial charge in [-0.25, -0.2) is 0 Å². The maximum atomic E-state index is 14.2. The summed E-state index contributed by atoms with van der Waals surface area (Å²) in [5, 5.41) is 10.5. The van der Waals surface area contributed by atoms with Gasteiger partial charge in [0.15, 0.2) is 6.20 Å². The Morgan fingerprint density at radius 3 is 0.951 bits per heavy atom. The second-order valence-corrected chi connectivity index (χ2v) is 17.6. The van der Waals surface area contributed by atoms with Crippen LogP contribution in [0.1, 0.15) is 71.8 Å². The molecule has 0 radical (unpaired) electrons. The lowest BCUT2D eigenvalue weighted by Gasteiger charge is -2.46. The first kappa shape index (κ1) is 62.1. The van der Waals surface area contributed by atoms with Gasteiger partial charge >= 0.3 is 49.4 Å². The van der Waals surface area contributed by atoms with Crippen LogP contribution < -0.4 is 26.4 Å². The minimum Gasteiger partial charge on any atom is -0.287 e. The number of nitrogens with zero attached hydrogens (tertiary/aromatic N) is 2. The zero-order chi connectivity index (χ0) is 60.9. The number of hydrogen-bond donors (Lipinski definition) is 0. The summed E-state index contributed by atoms with van der Waals surface area (Å²) in [6.07, 6.45) is -53.3. The van der Waals surface area contributed by atoms with E-state index in [4.69, 9.17) is 5.26 Å². The van der Waals surface area contributed by atoms with Gasteiger partial charge in [-0.15, -0.1) is 0 Å². The Morgan fingerprint density at radius 2 is 0.667 bits per heavy atom. The van der Waals surface area contributed by atoms with Crippen molar-refractivity contribution in [3.05, 3.63) is 195 Å². The molecule has 0 aliphatic rings. The van der Waals surface area contributed by atoms with Crippen LogP contribution in [-0.4, -0.2) is 17.7 Å². The van der Waals surface area contributed by atoms with E-state index >= 15 is 0 Å². The average molecular weight is 1180 g/mol. The van der Waals surface area contributed by atoms with E-state index in [-0.39, 0.29) is 24.5 Å². The van der Waals surface area contributed by atoms with E-state index in [9.17, 15) is 115 Å². The Morgan fingerprint density at radius 1 is 0.383 bits per heavy atom. The van der Waals surface area contributed by atoms with Gasteiger partial charge in [-0.3, -0.25) is 9.59 Å². The van der Waals surface area contributed by atoms with Crippen LogP contribution in [0.2, 0.25) is 0 Å². The van der Waals surface area contributed by atoms with Crippen LogP contribution >= 0.6 is 0 Å². The van der Waals surface area contributed by atoms with Gasteiger partial charge in [0.1, 0.15) is 12.6 Å². The molecule has 0 spiro atoms. The molecule has 4 nitrogen and oxygen atoms in total. The van der Waals surface area contributed by atoms with Gasteiger partial charge in [-0.1, -0.05) is 97.1 Å². The molecular formula is C52H27BF24N2O2. The van der Waals surface area contributed by atoms with E-state index in [1.807, 2.05) is 42.5 Å². The molecule has 0 fully saturated rings.